The van der Waals surface area contributed by atoms with E-state index < -0.39 is 11.3 Å². The van der Waals surface area contributed by atoms with Crippen molar-refractivity contribution in [1.82, 2.24) is 10.3 Å². The lowest BCUT2D eigenvalue weighted by Crippen LogP contribution is -2.47. The minimum absolute atomic E-state index is 0.165. The zero-order valence-electron chi connectivity index (χ0n) is 10.5. The molecule has 0 aliphatic carbocycles. The molecule has 2 aromatic rings. The maximum absolute atomic E-state index is 11.9. The maximum Gasteiger partial charge on any atom is 0.417 e. The van der Waals surface area contributed by atoms with E-state index in [1.54, 1.807) is 39.1 Å². The minimum Gasteiger partial charge on any atom is -0.408 e. The zero-order chi connectivity index (χ0) is 13.3. The minimum atomic E-state index is -0.673. The first-order valence-electron chi connectivity index (χ1n) is 5.55. The van der Waals surface area contributed by atoms with Crippen molar-refractivity contribution in [1.29, 1.82) is 0 Å². The fourth-order valence-electron chi connectivity index (χ4n) is 1.42. The van der Waals surface area contributed by atoms with Crippen molar-refractivity contribution >= 4 is 22.7 Å². The number of aromatic amines is 1. The summed E-state index contributed by atoms with van der Waals surface area (Å²) in [7, 11) is 1.72. The van der Waals surface area contributed by atoms with Crippen LogP contribution in [0, 0.1) is 0 Å². The highest BCUT2D eigenvalue weighted by Crippen LogP contribution is 2.17. The molecule has 2 rings (SSSR count). The van der Waals surface area contributed by atoms with E-state index in [0.717, 1.165) is 0 Å². The van der Waals surface area contributed by atoms with Gasteiger partial charge in [-0.3, -0.25) is 9.78 Å². The summed E-state index contributed by atoms with van der Waals surface area (Å²) < 4.78 is 4.92. The zero-order valence-corrected chi connectivity index (χ0v) is 10.5. The molecule has 1 aromatic carbocycles. The first-order valence-corrected chi connectivity index (χ1v) is 5.55. The summed E-state index contributed by atoms with van der Waals surface area (Å²) in [6, 6.07) is 5.00. The van der Waals surface area contributed by atoms with Crippen molar-refractivity contribution in [2.75, 3.05) is 12.4 Å². The van der Waals surface area contributed by atoms with Crippen LogP contribution in [-0.2, 0) is 4.79 Å². The largest absolute Gasteiger partial charge is 0.417 e. The Kier molecular flexibility index (Phi) is 2.96. The van der Waals surface area contributed by atoms with Gasteiger partial charge in [0.05, 0.1) is 11.1 Å². The van der Waals surface area contributed by atoms with Crippen LogP contribution in [0.5, 0.6) is 0 Å². The second-order valence-corrected chi connectivity index (χ2v) is 4.55. The Balaban J connectivity index is 2.27. The van der Waals surface area contributed by atoms with E-state index in [9.17, 15) is 9.59 Å². The molecule has 0 bridgehead atoms. The van der Waals surface area contributed by atoms with E-state index in [2.05, 4.69) is 15.6 Å². The Labute approximate surface area is 103 Å². The monoisotopic (exact) mass is 249 g/mol. The van der Waals surface area contributed by atoms with E-state index in [4.69, 9.17) is 4.42 Å². The summed E-state index contributed by atoms with van der Waals surface area (Å²) in [5, 5.41) is 5.67. The number of H-pyrrole nitrogens is 1. The fraction of sp³-hybridized carbons (Fsp3) is 0.333. The molecule has 0 aliphatic rings. The third-order valence-corrected chi connectivity index (χ3v) is 2.87. The first kappa shape index (κ1) is 12.4. The van der Waals surface area contributed by atoms with Crippen LogP contribution in [0.4, 0.5) is 5.69 Å². The fourth-order valence-corrected chi connectivity index (χ4v) is 1.42. The van der Waals surface area contributed by atoms with Gasteiger partial charge >= 0.3 is 5.76 Å². The molecule has 96 valence electrons. The van der Waals surface area contributed by atoms with E-state index >= 15 is 0 Å². The van der Waals surface area contributed by atoms with Gasteiger partial charge in [0.1, 0.15) is 0 Å². The summed E-state index contributed by atoms with van der Waals surface area (Å²) in [6.07, 6.45) is 0. The molecule has 0 spiro atoms. The SMILES string of the molecule is CNC(C)(C)C(=O)Nc1ccc2[nH]c(=O)oc2c1. The van der Waals surface area contributed by atoms with Crippen molar-refractivity contribution in [3.8, 4) is 0 Å². The van der Waals surface area contributed by atoms with Gasteiger partial charge in [0, 0.05) is 11.8 Å². The molecule has 0 saturated carbocycles. The molecule has 18 heavy (non-hydrogen) atoms. The third-order valence-electron chi connectivity index (χ3n) is 2.87. The van der Waals surface area contributed by atoms with Crippen LogP contribution in [0.15, 0.2) is 27.4 Å². The van der Waals surface area contributed by atoms with Crippen molar-refractivity contribution in [3.63, 3.8) is 0 Å². The average molecular weight is 249 g/mol. The van der Waals surface area contributed by atoms with Crippen molar-refractivity contribution in [2.45, 2.75) is 19.4 Å². The Hall–Kier alpha value is -2.08. The predicted molar refractivity (Wildman–Crippen MR) is 68.6 cm³/mol. The molecule has 6 nitrogen and oxygen atoms in total. The number of anilines is 1. The van der Waals surface area contributed by atoms with Gasteiger partial charge in [-0.05, 0) is 33.0 Å². The van der Waals surface area contributed by atoms with E-state index in [1.165, 1.54) is 0 Å². The quantitative estimate of drug-likeness (QED) is 0.759. The number of rotatable bonds is 3. The highest BCUT2D eigenvalue weighted by Gasteiger charge is 2.25. The van der Waals surface area contributed by atoms with E-state index in [0.29, 0.717) is 16.8 Å². The second-order valence-electron chi connectivity index (χ2n) is 4.55. The van der Waals surface area contributed by atoms with Gasteiger partial charge in [-0.25, -0.2) is 4.79 Å². The van der Waals surface area contributed by atoms with E-state index in [1.807, 2.05) is 0 Å². The van der Waals surface area contributed by atoms with Crippen LogP contribution in [0.2, 0.25) is 0 Å². The Morgan fingerprint density at radius 1 is 1.39 bits per heavy atom. The Morgan fingerprint density at radius 3 is 2.78 bits per heavy atom. The molecule has 0 aliphatic heterocycles. The van der Waals surface area contributed by atoms with Gasteiger partial charge in [0.15, 0.2) is 5.58 Å². The first-order chi connectivity index (χ1) is 8.42. The molecule has 6 heteroatoms. The van der Waals surface area contributed by atoms with Gasteiger partial charge in [-0.2, -0.15) is 0 Å². The standard InChI is InChI=1S/C12H15N3O3/c1-12(2,13-3)10(16)14-7-4-5-8-9(6-7)18-11(17)15-8/h4-6,13H,1-3H3,(H,14,16)(H,15,17). The van der Waals surface area contributed by atoms with E-state index in [-0.39, 0.29) is 5.91 Å². The molecule has 0 saturated heterocycles. The Morgan fingerprint density at radius 2 is 2.11 bits per heavy atom. The summed E-state index contributed by atoms with van der Waals surface area (Å²) >= 11 is 0. The predicted octanol–water partition coefficient (Wildman–Crippen LogP) is 1.06. The van der Waals surface area contributed by atoms with Crippen LogP contribution in [0.1, 0.15) is 13.8 Å². The van der Waals surface area contributed by atoms with Crippen LogP contribution < -0.4 is 16.4 Å². The molecule has 0 atom stereocenters. The third kappa shape index (κ3) is 2.28. The number of hydrogen-bond donors (Lipinski definition) is 3. The molecule has 1 heterocycles. The molecule has 0 radical (unpaired) electrons. The lowest BCUT2D eigenvalue weighted by atomic mass is 10.1. The van der Waals surface area contributed by atoms with Gasteiger partial charge in [-0.15, -0.1) is 0 Å². The summed E-state index contributed by atoms with van der Waals surface area (Å²) in [5.74, 6) is -0.675. The topological polar surface area (TPSA) is 87.1 Å². The van der Waals surface area contributed by atoms with Crippen molar-refractivity contribution in [3.05, 3.63) is 28.7 Å². The van der Waals surface area contributed by atoms with Crippen LogP contribution in [0.3, 0.4) is 0 Å². The number of benzene rings is 1. The van der Waals surface area contributed by atoms with Crippen molar-refractivity contribution < 1.29 is 9.21 Å². The highest BCUT2D eigenvalue weighted by molar-refractivity contribution is 5.98. The number of hydrogen-bond acceptors (Lipinski definition) is 4. The number of carbonyl (C=O) groups is 1. The van der Waals surface area contributed by atoms with Gasteiger partial charge in [-0.1, -0.05) is 0 Å². The number of nitrogens with one attached hydrogen (secondary N) is 3. The number of likely N-dealkylation sites (N-methyl/N-ethyl adjacent to an activating group) is 1. The summed E-state index contributed by atoms with van der Waals surface area (Å²) in [4.78, 5) is 25.5. The number of fused-ring (bicyclic) bond motifs is 1. The molecule has 0 unspecified atom stereocenters. The summed E-state index contributed by atoms with van der Waals surface area (Å²) in [5.41, 5.74) is 0.929. The number of carbonyl (C=O) groups excluding carboxylic acids is 1. The lowest BCUT2D eigenvalue weighted by molar-refractivity contribution is -0.121. The van der Waals surface area contributed by atoms with Gasteiger partial charge < -0.3 is 15.1 Å². The molecular formula is C12H15N3O3. The van der Waals surface area contributed by atoms with Gasteiger partial charge in [0.2, 0.25) is 5.91 Å². The molecule has 1 aromatic heterocycles. The number of oxazole rings is 1. The second kappa shape index (κ2) is 4.30. The molecule has 3 N–H and O–H groups in total. The molecule has 0 fully saturated rings. The molecular weight excluding hydrogens is 234 g/mol. The highest BCUT2D eigenvalue weighted by atomic mass is 16.4. The van der Waals surface area contributed by atoms with Crippen molar-refractivity contribution in [2.24, 2.45) is 0 Å². The smallest absolute Gasteiger partial charge is 0.408 e. The normalized spacial score (nSPS) is 11.7. The summed E-state index contributed by atoms with van der Waals surface area (Å²) in [6.45, 7) is 3.55. The van der Waals surface area contributed by atoms with Crippen LogP contribution in [-0.4, -0.2) is 23.5 Å². The maximum atomic E-state index is 11.9. The number of amides is 1. The van der Waals surface area contributed by atoms with Crippen LogP contribution >= 0.6 is 0 Å². The lowest BCUT2D eigenvalue weighted by Gasteiger charge is -2.22. The average Bonchev–Trinajstić information content (AvgIpc) is 2.68. The molecule has 1 amide bonds. The Bertz CT molecular complexity index is 639. The van der Waals surface area contributed by atoms with Gasteiger partial charge in [0.25, 0.3) is 0 Å². The number of aromatic nitrogens is 1. The van der Waals surface area contributed by atoms with Crippen LogP contribution in [0.25, 0.3) is 11.1 Å².